The van der Waals surface area contributed by atoms with Gasteiger partial charge >= 0.3 is 0 Å². The highest BCUT2D eigenvalue weighted by molar-refractivity contribution is 7.14. The Morgan fingerprint density at radius 3 is 2.79 bits per heavy atom. The minimum atomic E-state index is 0.0112. The number of rotatable bonds is 2. The summed E-state index contributed by atoms with van der Waals surface area (Å²) in [5, 5.41) is 3.07. The Kier molecular flexibility index (Phi) is 3.38. The SMILES string of the molecule is Cc1ccc(C(=O)Nc2cccc3c2CCCC3)s1. The Labute approximate surface area is 117 Å². The fourth-order valence-corrected chi connectivity index (χ4v) is 3.40. The minimum Gasteiger partial charge on any atom is -0.321 e. The fraction of sp³-hybridized carbons (Fsp3) is 0.312. The Hall–Kier alpha value is -1.61. The van der Waals surface area contributed by atoms with Gasteiger partial charge < -0.3 is 5.32 Å². The van der Waals surface area contributed by atoms with Crippen LogP contribution in [0.4, 0.5) is 5.69 Å². The van der Waals surface area contributed by atoms with E-state index in [0.29, 0.717) is 0 Å². The minimum absolute atomic E-state index is 0.0112. The number of amides is 1. The maximum atomic E-state index is 12.2. The highest BCUT2D eigenvalue weighted by Gasteiger charge is 2.15. The number of aryl methyl sites for hydroxylation is 2. The lowest BCUT2D eigenvalue weighted by Crippen LogP contribution is -2.14. The molecule has 1 heterocycles. The van der Waals surface area contributed by atoms with Gasteiger partial charge in [0.1, 0.15) is 0 Å². The maximum absolute atomic E-state index is 12.2. The number of hydrogen-bond donors (Lipinski definition) is 1. The zero-order valence-electron chi connectivity index (χ0n) is 11.0. The van der Waals surface area contributed by atoms with E-state index in [-0.39, 0.29) is 5.91 Å². The predicted molar refractivity (Wildman–Crippen MR) is 80.1 cm³/mol. The van der Waals surface area contributed by atoms with Gasteiger partial charge in [-0.25, -0.2) is 0 Å². The molecule has 0 radical (unpaired) electrons. The van der Waals surface area contributed by atoms with Crippen molar-refractivity contribution in [1.29, 1.82) is 0 Å². The molecule has 1 aromatic heterocycles. The van der Waals surface area contributed by atoms with E-state index in [1.807, 2.05) is 31.2 Å². The summed E-state index contributed by atoms with van der Waals surface area (Å²) >= 11 is 1.54. The van der Waals surface area contributed by atoms with Crippen LogP contribution in [0.5, 0.6) is 0 Å². The topological polar surface area (TPSA) is 29.1 Å². The van der Waals surface area contributed by atoms with E-state index in [2.05, 4.69) is 11.4 Å². The summed E-state index contributed by atoms with van der Waals surface area (Å²) in [7, 11) is 0. The van der Waals surface area contributed by atoms with Gasteiger partial charge in [-0.15, -0.1) is 11.3 Å². The van der Waals surface area contributed by atoms with E-state index in [0.717, 1.165) is 23.4 Å². The van der Waals surface area contributed by atoms with Crippen molar-refractivity contribution >= 4 is 22.9 Å². The van der Waals surface area contributed by atoms with Gasteiger partial charge in [-0.1, -0.05) is 12.1 Å². The van der Waals surface area contributed by atoms with Crippen LogP contribution in [0.3, 0.4) is 0 Å². The van der Waals surface area contributed by atoms with Crippen molar-refractivity contribution in [3.63, 3.8) is 0 Å². The van der Waals surface area contributed by atoms with E-state index >= 15 is 0 Å². The second kappa shape index (κ2) is 5.17. The van der Waals surface area contributed by atoms with Crippen LogP contribution >= 0.6 is 11.3 Å². The second-order valence-electron chi connectivity index (χ2n) is 5.01. The molecule has 0 saturated carbocycles. The highest BCUT2D eigenvalue weighted by atomic mass is 32.1. The van der Waals surface area contributed by atoms with E-state index in [1.165, 1.54) is 28.8 Å². The van der Waals surface area contributed by atoms with Crippen LogP contribution in [-0.4, -0.2) is 5.91 Å². The summed E-state index contributed by atoms with van der Waals surface area (Å²) in [5.41, 5.74) is 3.72. The molecule has 2 aromatic rings. The van der Waals surface area contributed by atoms with Crippen LogP contribution in [0.25, 0.3) is 0 Å². The molecule has 0 unspecified atom stereocenters. The Bertz CT molecular complexity index is 615. The number of anilines is 1. The van der Waals surface area contributed by atoms with Crippen molar-refractivity contribution in [3.8, 4) is 0 Å². The number of hydrogen-bond acceptors (Lipinski definition) is 2. The molecule has 1 aliphatic rings. The largest absolute Gasteiger partial charge is 0.321 e. The van der Waals surface area contributed by atoms with Gasteiger partial charge in [0.05, 0.1) is 4.88 Å². The number of nitrogens with one attached hydrogen (secondary N) is 1. The second-order valence-corrected chi connectivity index (χ2v) is 6.30. The molecule has 0 spiro atoms. The number of carbonyl (C=O) groups is 1. The van der Waals surface area contributed by atoms with Crippen molar-refractivity contribution in [2.24, 2.45) is 0 Å². The number of thiophene rings is 1. The first kappa shape index (κ1) is 12.4. The van der Waals surface area contributed by atoms with Crippen LogP contribution < -0.4 is 5.32 Å². The van der Waals surface area contributed by atoms with Gasteiger partial charge in [-0.2, -0.15) is 0 Å². The first-order chi connectivity index (χ1) is 9.24. The molecule has 1 aromatic carbocycles. The molecule has 0 saturated heterocycles. The Morgan fingerprint density at radius 1 is 1.16 bits per heavy atom. The molecule has 3 heteroatoms. The smallest absolute Gasteiger partial charge is 0.265 e. The average Bonchev–Trinajstić information content (AvgIpc) is 2.86. The molecule has 0 fully saturated rings. The van der Waals surface area contributed by atoms with Crippen molar-refractivity contribution in [2.45, 2.75) is 32.6 Å². The van der Waals surface area contributed by atoms with Crippen molar-refractivity contribution in [1.82, 2.24) is 0 Å². The maximum Gasteiger partial charge on any atom is 0.265 e. The van der Waals surface area contributed by atoms with Crippen molar-refractivity contribution < 1.29 is 4.79 Å². The van der Waals surface area contributed by atoms with E-state index in [4.69, 9.17) is 0 Å². The molecule has 19 heavy (non-hydrogen) atoms. The molecule has 1 aliphatic carbocycles. The lowest BCUT2D eigenvalue weighted by Gasteiger charge is -2.19. The summed E-state index contributed by atoms with van der Waals surface area (Å²) < 4.78 is 0. The monoisotopic (exact) mass is 271 g/mol. The molecule has 0 bridgehead atoms. The third-order valence-corrected chi connectivity index (χ3v) is 4.61. The van der Waals surface area contributed by atoms with Crippen LogP contribution in [-0.2, 0) is 12.8 Å². The molecule has 2 nitrogen and oxygen atoms in total. The molecule has 98 valence electrons. The Balaban J connectivity index is 1.85. The van der Waals surface area contributed by atoms with Crippen molar-refractivity contribution in [3.05, 3.63) is 51.2 Å². The molecule has 1 amide bonds. The van der Waals surface area contributed by atoms with Gasteiger partial charge in [0.25, 0.3) is 5.91 Å². The van der Waals surface area contributed by atoms with Crippen LogP contribution in [0.1, 0.15) is 38.5 Å². The standard InChI is InChI=1S/C16H17NOS/c1-11-9-10-15(19-11)16(18)17-14-8-4-6-12-5-2-3-7-13(12)14/h4,6,8-10H,2-3,5,7H2,1H3,(H,17,18). The van der Waals surface area contributed by atoms with E-state index < -0.39 is 0 Å². The normalized spacial score (nSPS) is 13.9. The lowest BCUT2D eigenvalue weighted by atomic mass is 9.90. The molecule has 3 rings (SSSR count). The molecular formula is C16H17NOS. The quantitative estimate of drug-likeness (QED) is 0.872. The van der Waals surface area contributed by atoms with Crippen LogP contribution in [0, 0.1) is 6.92 Å². The van der Waals surface area contributed by atoms with Crippen LogP contribution in [0.15, 0.2) is 30.3 Å². The summed E-state index contributed by atoms with van der Waals surface area (Å²) in [4.78, 5) is 14.2. The first-order valence-electron chi connectivity index (χ1n) is 6.72. The first-order valence-corrected chi connectivity index (χ1v) is 7.54. The van der Waals surface area contributed by atoms with Gasteiger partial charge in [0.15, 0.2) is 0 Å². The predicted octanol–water partition coefficient (Wildman–Crippen LogP) is 4.19. The lowest BCUT2D eigenvalue weighted by molar-refractivity contribution is 0.103. The number of carbonyl (C=O) groups excluding carboxylic acids is 1. The van der Waals surface area contributed by atoms with Gasteiger partial charge in [-0.05, 0) is 61.9 Å². The van der Waals surface area contributed by atoms with E-state index in [9.17, 15) is 4.79 Å². The molecule has 0 aliphatic heterocycles. The van der Waals surface area contributed by atoms with Gasteiger partial charge in [0.2, 0.25) is 0 Å². The number of fused-ring (bicyclic) bond motifs is 1. The summed E-state index contributed by atoms with van der Waals surface area (Å²) in [6.07, 6.45) is 4.69. The molecule has 0 atom stereocenters. The van der Waals surface area contributed by atoms with Crippen molar-refractivity contribution in [2.75, 3.05) is 5.32 Å². The number of benzene rings is 1. The zero-order chi connectivity index (χ0) is 13.2. The zero-order valence-corrected chi connectivity index (χ0v) is 11.8. The molecular weight excluding hydrogens is 254 g/mol. The van der Waals surface area contributed by atoms with Gasteiger partial charge in [0, 0.05) is 10.6 Å². The summed E-state index contributed by atoms with van der Waals surface area (Å²) in [6, 6.07) is 10.1. The fourth-order valence-electron chi connectivity index (χ4n) is 2.64. The summed E-state index contributed by atoms with van der Waals surface area (Å²) in [6.45, 7) is 2.02. The van der Waals surface area contributed by atoms with E-state index in [1.54, 1.807) is 11.3 Å². The van der Waals surface area contributed by atoms with Crippen LogP contribution in [0.2, 0.25) is 0 Å². The summed E-state index contributed by atoms with van der Waals surface area (Å²) in [5.74, 6) is 0.0112. The average molecular weight is 271 g/mol. The van der Waals surface area contributed by atoms with Gasteiger partial charge in [-0.3, -0.25) is 4.79 Å². The third-order valence-electron chi connectivity index (χ3n) is 3.61. The highest BCUT2D eigenvalue weighted by Crippen LogP contribution is 2.28. The third kappa shape index (κ3) is 2.56. The molecule has 1 N–H and O–H groups in total. The Morgan fingerprint density at radius 2 is 2.00 bits per heavy atom.